The number of methoxy groups -OCH3 is 1. The molecule has 0 radical (unpaired) electrons. The van der Waals surface area contributed by atoms with Crippen molar-refractivity contribution in [1.82, 2.24) is 19.7 Å². The molecule has 0 saturated heterocycles. The van der Waals surface area contributed by atoms with Crippen molar-refractivity contribution in [1.29, 1.82) is 0 Å². The van der Waals surface area contributed by atoms with Crippen LogP contribution < -0.4 is 4.74 Å². The molecule has 0 bridgehead atoms. The van der Waals surface area contributed by atoms with Gasteiger partial charge in [0.1, 0.15) is 10.9 Å². The third-order valence-corrected chi connectivity index (χ3v) is 5.88. The molecule has 0 saturated carbocycles. The van der Waals surface area contributed by atoms with Gasteiger partial charge in [0.2, 0.25) is 5.89 Å². The zero-order valence-corrected chi connectivity index (χ0v) is 18.8. The van der Waals surface area contributed by atoms with Gasteiger partial charge in [0, 0.05) is 34.9 Å². The highest BCUT2D eigenvalue weighted by atomic mass is 35.5. The molecule has 0 N–H and O–H groups in total. The standard InChI is InChI=1S/C24H16Cl2N4O3/c1-32-17-6-7-19-18(12-17)20(22(26)30(19)13-14-2-4-16(25)5-3-14)21(31)24-29-28-23(33-24)15-8-10-27-11-9-15/h2-12H,13H2,1H3. The Balaban J connectivity index is 1.61. The first-order valence-corrected chi connectivity index (χ1v) is 10.7. The Bertz CT molecular complexity index is 1460. The summed E-state index contributed by atoms with van der Waals surface area (Å²) in [4.78, 5) is 17.4. The van der Waals surface area contributed by atoms with Crippen molar-refractivity contribution in [2.75, 3.05) is 7.11 Å². The van der Waals surface area contributed by atoms with E-state index in [0.717, 1.165) is 11.1 Å². The lowest BCUT2D eigenvalue weighted by Crippen LogP contribution is -2.04. The molecule has 0 aliphatic rings. The summed E-state index contributed by atoms with van der Waals surface area (Å²) in [5.74, 6) is 0.192. The Morgan fingerprint density at radius 3 is 2.52 bits per heavy atom. The summed E-state index contributed by atoms with van der Waals surface area (Å²) in [6, 6.07) is 16.3. The lowest BCUT2D eigenvalue weighted by Gasteiger charge is -2.08. The molecule has 164 valence electrons. The minimum Gasteiger partial charge on any atom is -0.497 e. The summed E-state index contributed by atoms with van der Waals surface area (Å²) in [6.45, 7) is 0.443. The predicted octanol–water partition coefficient (Wildman–Crippen LogP) is 5.68. The number of rotatable bonds is 6. The number of carbonyl (C=O) groups is 1. The molecule has 2 aromatic carbocycles. The number of pyridine rings is 1. The number of benzene rings is 2. The van der Waals surface area contributed by atoms with Gasteiger partial charge < -0.3 is 13.7 Å². The number of halogens is 2. The van der Waals surface area contributed by atoms with Crippen LogP contribution in [0.4, 0.5) is 0 Å². The van der Waals surface area contributed by atoms with E-state index >= 15 is 0 Å². The van der Waals surface area contributed by atoms with Gasteiger partial charge >= 0.3 is 0 Å². The monoisotopic (exact) mass is 478 g/mol. The Labute approximate surface area is 198 Å². The number of fused-ring (bicyclic) bond motifs is 1. The van der Waals surface area contributed by atoms with Crippen LogP contribution in [0, 0.1) is 0 Å². The van der Waals surface area contributed by atoms with Gasteiger partial charge in [-0.15, -0.1) is 10.2 Å². The maximum Gasteiger partial charge on any atom is 0.289 e. The average Bonchev–Trinajstić information content (AvgIpc) is 3.44. The first kappa shape index (κ1) is 21.2. The van der Waals surface area contributed by atoms with Gasteiger partial charge in [0.25, 0.3) is 11.7 Å². The molecule has 0 amide bonds. The molecule has 0 atom stereocenters. The van der Waals surface area contributed by atoms with Crippen molar-refractivity contribution in [2.24, 2.45) is 0 Å². The summed E-state index contributed by atoms with van der Waals surface area (Å²) in [5.41, 5.74) is 2.68. The zero-order valence-electron chi connectivity index (χ0n) is 17.3. The molecule has 0 fully saturated rings. The topological polar surface area (TPSA) is 83.0 Å². The van der Waals surface area contributed by atoms with E-state index in [4.69, 9.17) is 32.4 Å². The van der Waals surface area contributed by atoms with Crippen LogP contribution in [-0.2, 0) is 6.54 Å². The minimum atomic E-state index is -0.471. The van der Waals surface area contributed by atoms with Crippen LogP contribution in [-0.4, -0.2) is 32.6 Å². The first-order chi connectivity index (χ1) is 16.0. The van der Waals surface area contributed by atoms with Crippen LogP contribution >= 0.6 is 23.2 Å². The largest absolute Gasteiger partial charge is 0.497 e. The Hall–Kier alpha value is -3.68. The van der Waals surface area contributed by atoms with E-state index in [0.29, 0.717) is 28.3 Å². The number of ketones is 1. The fourth-order valence-electron chi connectivity index (χ4n) is 3.61. The van der Waals surface area contributed by atoms with Crippen LogP contribution in [0.15, 0.2) is 71.4 Å². The van der Waals surface area contributed by atoms with Crippen molar-refractivity contribution in [3.8, 4) is 17.2 Å². The molecule has 0 unspecified atom stereocenters. The third-order valence-electron chi connectivity index (χ3n) is 5.23. The second kappa shape index (κ2) is 8.69. The van der Waals surface area contributed by atoms with E-state index in [1.54, 1.807) is 37.7 Å². The zero-order chi connectivity index (χ0) is 22.9. The third kappa shape index (κ3) is 3.97. The summed E-state index contributed by atoms with van der Waals surface area (Å²) in [7, 11) is 1.56. The fourth-order valence-corrected chi connectivity index (χ4v) is 4.07. The number of nitrogens with zero attached hydrogens (tertiary/aromatic N) is 4. The second-order valence-corrected chi connectivity index (χ2v) is 8.03. The second-order valence-electron chi connectivity index (χ2n) is 7.24. The predicted molar refractivity (Wildman–Crippen MR) is 125 cm³/mol. The van der Waals surface area contributed by atoms with E-state index in [9.17, 15) is 4.79 Å². The van der Waals surface area contributed by atoms with E-state index in [1.165, 1.54) is 0 Å². The van der Waals surface area contributed by atoms with Gasteiger partial charge in [-0.25, -0.2) is 0 Å². The highest BCUT2D eigenvalue weighted by molar-refractivity contribution is 6.36. The van der Waals surface area contributed by atoms with E-state index in [1.807, 2.05) is 41.0 Å². The van der Waals surface area contributed by atoms with Crippen molar-refractivity contribution in [3.63, 3.8) is 0 Å². The number of hydrogen-bond donors (Lipinski definition) is 0. The molecule has 0 spiro atoms. The minimum absolute atomic E-state index is 0.155. The lowest BCUT2D eigenvalue weighted by molar-refractivity contribution is 0.100. The van der Waals surface area contributed by atoms with Gasteiger partial charge in [0.15, 0.2) is 0 Å². The van der Waals surface area contributed by atoms with Crippen LogP contribution in [0.2, 0.25) is 10.2 Å². The van der Waals surface area contributed by atoms with Crippen molar-refractivity contribution < 1.29 is 13.9 Å². The molecular weight excluding hydrogens is 463 g/mol. The number of hydrogen-bond acceptors (Lipinski definition) is 6. The van der Waals surface area contributed by atoms with Gasteiger partial charge in [0.05, 0.1) is 18.2 Å². The Morgan fingerprint density at radius 2 is 1.79 bits per heavy atom. The summed E-state index contributed by atoms with van der Waals surface area (Å²) in [6.07, 6.45) is 3.21. The molecule has 0 aliphatic carbocycles. The molecule has 33 heavy (non-hydrogen) atoms. The molecule has 5 rings (SSSR count). The lowest BCUT2D eigenvalue weighted by atomic mass is 10.1. The van der Waals surface area contributed by atoms with Crippen molar-refractivity contribution in [2.45, 2.75) is 6.54 Å². The number of ether oxygens (including phenoxy) is 1. The highest BCUT2D eigenvalue weighted by Gasteiger charge is 2.27. The smallest absolute Gasteiger partial charge is 0.289 e. The van der Waals surface area contributed by atoms with Gasteiger partial charge in [-0.05, 0) is 48.0 Å². The maximum absolute atomic E-state index is 13.5. The van der Waals surface area contributed by atoms with Crippen LogP contribution in [0.25, 0.3) is 22.4 Å². The molecule has 5 aromatic rings. The normalized spacial score (nSPS) is 11.1. The van der Waals surface area contributed by atoms with Crippen LogP contribution in [0.5, 0.6) is 5.75 Å². The molecular formula is C24H16Cl2N4O3. The molecule has 3 heterocycles. The van der Waals surface area contributed by atoms with Crippen LogP contribution in [0.3, 0.4) is 0 Å². The molecule has 0 aliphatic heterocycles. The summed E-state index contributed by atoms with van der Waals surface area (Å²) < 4.78 is 12.9. The van der Waals surface area contributed by atoms with E-state index in [2.05, 4.69) is 15.2 Å². The van der Waals surface area contributed by atoms with E-state index < -0.39 is 5.78 Å². The van der Waals surface area contributed by atoms with Gasteiger partial charge in [-0.2, -0.15) is 0 Å². The number of aromatic nitrogens is 4. The fraction of sp³-hybridized carbons (Fsp3) is 0.0833. The molecule has 9 heteroatoms. The average molecular weight is 479 g/mol. The Kier molecular flexibility index (Phi) is 5.58. The first-order valence-electron chi connectivity index (χ1n) is 9.94. The van der Waals surface area contributed by atoms with Gasteiger partial charge in [-0.3, -0.25) is 9.78 Å². The summed E-state index contributed by atoms with van der Waals surface area (Å²) >= 11 is 12.8. The van der Waals surface area contributed by atoms with Crippen LogP contribution in [0.1, 0.15) is 21.8 Å². The highest BCUT2D eigenvalue weighted by Crippen LogP contribution is 2.35. The number of carbonyl (C=O) groups excluding carboxylic acids is 1. The SMILES string of the molecule is COc1ccc2c(c1)c(C(=O)c1nnc(-c3ccncc3)o1)c(Cl)n2Cc1ccc(Cl)cc1. The Morgan fingerprint density at radius 1 is 1.03 bits per heavy atom. The van der Waals surface area contributed by atoms with E-state index in [-0.39, 0.29) is 22.5 Å². The summed E-state index contributed by atoms with van der Waals surface area (Å²) in [5, 5.41) is 9.50. The quantitative estimate of drug-likeness (QED) is 0.292. The van der Waals surface area contributed by atoms with Crippen molar-refractivity contribution >= 4 is 39.9 Å². The van der Waals surface area contributed by atoms with Crippen molar-refractivity contribution in [3.05, 3.63) is 94.2 Å². The molecule has 7 nitrogen and oxygen atoms in total. The maximum atomic E-state index is 13.5. The van der Waals surface area contributed by atoms with Gasteiger partial charge in [-0.1, -0.05) is 35.3 Å². The molecule has 3 aromatic heterocycles.